The average molecular weight is 535 g/mol. The number of carbonyl (C=O) groups is 2. The van der Waals surface area contributed by atoms with E-state index in [2.05, 4.69) is 20.9 Å². The van der Waals surface area contributed by atoms with E-state index >= 15 is 0 Å². The average Bonchev–Trinajstić information content (AvgIpc) is 3.29. The Balaban J connectivity index is 1.30. The van der Waals surface area contributed by atoms with Crippen LogP contribution >= 0.6 is 11.6 Å². The lowest BCUT2D eigenvalue weighted by atomic mass is 9.88. The summed E-state index contributed by atoms with van der Waals surface area (Å²) in [5, 5.41) is 3.42. The Morgan fingerprint density at radius 3 is 2.21 bits per heavy atom. The maximum Gasteiger partial charge on any atom is 0.252 e. The van der Waals surface area contributed by atoms with Gasteiger partial charge in [0.15, 0.2) is 0 Å². The lowest BCUT2D eigenvalue weighted by Gasteiger charge is -2.42. The fourth-order valence-electron chi connectivity index (χ4n) is 6.32. The number of nitrogens with zero attached hydrogens (tertiary/aromatic N) is 3. The Labute approximate surface area is 230 Å². The molecule has 0 unspecified atom stereocenters. The van der Waals surface area contributed by atoms with Crippen molar-refractivity contribution in [2.75, 3.05) is 6.54 Å². The number of para-hydroxylation sites is 2. The molecule has 7 heteroatoms. The summed E-state index contributed by atoms with van der Waals surface area (Å²) >= 11 is 6.17. The van der Waals surface area contributed by atoms with Gasteiger partial charge in [0, 0.05) is 25.0 Å². The van der Waals surface area contributed by atoms with Crippen molar-refractivity contribution in [2.45, 2.75) is 95.7 Å². The van der Waals surface area contributed by atoms with Crippen LogP contribution in [0.4, 0.5) is 0 Å². The van der Waals surface area contributed by atoms with Crippen molar-refractivity contribution in [2.24, 2.45) is 0 Å². The molecule has 2 saturated carbocycles. The van der Waals surface area contributed by atoms with Gasteiger partial charge in [-0.1, -0.05) is 74.4 Å². The van der Waals surface area contributed by atoms with Crippen LogP contribution < -0.4 is 5.32 Å². The molecule has 0 bridgehead atoms. The minimum Gasteiger partial charge on any atom is -0.352 e. The van der Waals surface area contributed by atoms with E-state index in [-0.39, 0.29) is 11.8 Å². The molecule has 0 spiro atoms. The number of hydrogen-bond acceptors (Lipinski definition) is 3. The molecule has 2 aromatic carbocycles. The van der Waals surface area contributed by atoms with Crippen LogP contribution in [0.5, 0.6) is 0 Å². The number of carbonyl (C=O) groups excluding carboxylic acids is 2. The Hall–Kier alpha value is -2.86. The minimum absolute atomic E-state index is 0.171. The zero-order valence-electron chi connectivity index (χ0n) is 22.2. The molecule has 5 rings (SSSR count). The first-order valence-electron chi connectivity index (χ1n) is 14.4. The first-order chi connectivity index (χ1) is 18.6. The smallest absolute Gasteiger partial charge is 0.252 e. The van der Waals surface area contributed by atoms with Crippen LogP contribution in [0, 0.1) is 0 Å². The Bertz CT molecular complexity index is 1230. The number of rotatable bonds is 9. The molecular formula is C31H39ClN4O2. The standard InChI is InChI=1S/C31H39ClN4O2/c32-26-17-8-7-16-25(26)31(38)33-21-11-20-29-34-27-18-9-10-19-28(27)35(29)22-30(37)36(23-12-3-1-4-13-23)24-14-5-2-6-15-24/h7-10,16-19,23-24H,1-6,11-15,20-22H2,(H,33,38). The van der Waals surface area contributed by atoms with E-state index in [9.17, 15) is 9.59 Å². The third-order valence-electron chi connectivity index (χ3n) is 8.23. The first kappa shape index (κ1) is 26.7. The number of benzene rings is 2. The summed E-state index contributed by atoms with van der Waals surface area (Å²) in [5.74, 6) is 0.967. The van der Waals surface area contributed by atoms with Crippen molar-refractivity contribution in [3.05, 3.63) is 64.9 Å². The van der Waals surface area contributed by atoms with Crippen LogP contribution in [-0.4, -0.2) is 44.9 Å². The second-order valence-corrected chi connectivity index (χ2v) is 11.2. The van der Waals surface area contributed by atoms with Crippen LogP contribution in [0.25, 0.3) is 11.0 Å². The molecule has 2 aliphatic carbocycles. The predicted octanol–water partition coefficient (Wildman–Crippen LogP) is 6.55. The van der Waals surface area contributed by atoms with Crippen molar-refractivity contribution in [1.29, 1.82) is 0 Å². The summed E-state index contributed by atoms with van der Waals surface area (Å²) in [6.45, 7) is 0.840. The minimum atomic E-state index is -0.171. The number of halogens is 1. The zero-order valence-corrected chi connectivity index (χ0v) is 23.0. The van der Waals surface area contributed by atoms with Gasteiger partial charge in [-0.3, -0.25) is 9.59 Å². The van der Waals surface area contributed by atoms with Crippen molar-refractivity contribution >= 4 is 34.4 Å². The van der Waals surface area contributed by atoms with Gasteiger partial charge in [-0.15, -0.1) is 0 Å². The van der Waals surface area contributed by atoms with E-state index in [1.165, 1.54) is 38.5 Å². The van der Waals surface area contributed by atoms with Crippen molar-refractivity contribution in [3.63, 3.8) is 0 Å². The van der Waals surface area contributed by atoms with Crippen LogP contribution in [0.15, 0.2) is 48.5 Å². The second kappa shape index (κ2) is 12.8. The quantitative estimate of drug-likeness (QED) is 0.317. The van der Waals surface area contributed by atoms with Crippen LogP contribution in [-0.2, 0) is 17.8 Å². The van der Waals surface area contributed by atoms with Gasteiger partial charge in [0.25, 0.3) is 5.91 Å². The molecule has 2 fully saturated rings. The third-order valence-corrected chi connectivity index (χ3v) is 8.56. The summed E-state index contributed by atoms with van der Waals surface area (Å²) in [7, 11) is 0. The predicted molar refractivity (Wildman–Crippen MR) is 152 cm³/mol. The molecule has 0 radical (unpaired) electrons. The van der Waals surface area contributed by atoms with E-state index in [0.29, 0.717) is 42.2 Å². The topological polar surface area (TPSA) is 67.2 Å². The molecule has 0 atom stereocenters. The lowest BCUT2D eigenvalue weighted by Crippen LogP contribution is -2.50. The highest BCUT2D eigenvalue weighted by Crippen LogP contribution is 2.31. The molecule has 1 heterocycles. The van der Waals surface area contributed by atoms with E-state index in [0.717, 1.165) is 49.0 Å². The van der Waals surface area contributed by atoms with Crippen molar-refractivity contribution in [1.82, 2.24) is 19.8 Å². The molecular weight excluding hydrogens is 496 g/mol. The van der Waals surface area contributed by atoms with E-state index in [1.807, 2.05) is 30.3 Å². The summed E-state index contributed by atoms with van der Waals surface area (Å²) in [4.78, 5) is 33.7. The summed E-state index contributed by atoms with van der Waals surface area (Å²) < 4.78 is 2.12. The number of imidazole rings is 1. The summed E-state index contributed by atoms with van der Waals surface area (Å²) in [6, 6.07) is 15.9. The molecule has 6 nitrogen and oxygen atoms in total. The zero-order chi connectivity index (χ0) is 26.3. The normalized spacial score (nSPS) is 17.0. The highest BCUT2D eigenvalue weighted by atomic mass is 35.5. The van der Waals surface area contributed by atoms with Gasteiger partial charge in [0.2, 0.25) is 5.91 Å². The van der Waals surface area contributed by atoms with E-state index < -0.39 is 0 Å². The number of amides is 2. The van der Waals surface area contributed by atoms with Gasteiger partial charge in [0.05, 0.1) is 21.6 Å². The van der Waals surface area contributed by atoms with Crippen LogP contribution in [0.3, 0.4) is 0 Å². The second-order valence-electron chi connectivity index (χ2n) is 10.8. The van der Waals surface area contributed by atoms with Gasteiger partial charge < -0.3 is 14.8 Å². The summed E-state index contributed by atoms with van der Waals surface area (Å²) in [5.41, 5.74) is 2.40. The number of aromatic nitrogens is 2. The molecule has 3 aromatic rings. The Kier molecular flexibility index (Phi) is 9.00. The van der Waals surface area contributed by atoms with Crippen LogP contribution in [0.2, 0.25) is 5.02 Å². The number of nitrogens with one attached hydrogen (secondary N) is 1. The van der Waals surface area contributed by atoms with Crippen LogP contribution in [0.1, 0.15) is 86.8 Å². The fourth-order valence-corrected chi connectivity index (χ4v) is 6.54. The van der Waals surface area contributed by atoms with E-state index in [1.54, 1.807) is 12.1 Å². The summed E-state index contributed by atoms with van der Waals surface area (Å²) in [6.07, 6.45) is 13.4. The third kappa shape index (κ3) is 6.23. The number of fused-ring (bicyclic) bond motifs is 1. The molecule has 1 N–H and O–H groups in total. The molecule has 0 saturated heterocycles. The number of aryl methyl sites for hydroxylation is 1. The first-order valence-corrected chi connectivity index (χ1v) is 14.8. The SMILES string of the molecule is O=C(NCCCc1nc2ccccc2n1CC(=O)N(C1CCCCC1)C1CCCCC1)c1ccccc1Cl. The van der Waals surface area contributed by atoms with Gasteiger partial charge >= 0.3 is 0 Å². The maximum absolute atomic E-state index is 14.0. The highest BCUT2D eigenvalue weighted by molar-refractivity contribution is 6.33. The molecule has 0 aliphatic heterocycles. The van der Waals surface area contributed by atoms with Crippen molar-refractivity contribution < 1.29 is 9.59 Å². The molecule has 1 aromatic heterocycles. The van der Waals surface area contributed by atoms with Gasteiger partial charge in [-0.2, -0.15) is 0 Å². The molecule has 202 valence electrons. The van der Waals surface area contributed by atoms with Gasteiger partial charge in [-0.05, 0) is 56.4 Å². The maximum atomic E-state index is 14.0. The van der Waals surface area contributed by atoms with Gasteiger partial charge in [0.1, 0.15) is 12.4 Å². The monoisotopic (exact) mass is 534 g/mol. The highest BCUT2D eigenvalue weighted by Gasteiger charge is 2.33. The number of hydrogen-bond donors (Lipinski definition) is 1. The fraction of sp³-hybridized carbons (Fsp3) is 0.516. The Morgan fingerprint density at radius 2 is 1.53 bits per heavy atom. The van der Waals surface area contributed by atoms with Crippen molar-refractivity contribution in [3.8, 4) is 0 Å². The lowest BCUT2D eigenvalue weighted by molar-refractivity contribution is -0.138. The van der Waals surface area contributed by atoms with E-state index in [4.69, 9.17) is 16.6 Å². The molecule has 2 aliphatic rings. The largest absolute Gasteiger partial charge is 0.352 e. The Morgan fingerprint density at radius 1 is 0.895 bits per heavy atom. The molecule has 38 heavy (non-hydrogen) atoms. The molecule has 2 amide bonds. The van der Waals surface area contributed by atoms with Gasteiger partial charge in [-0.25, -0.2) is 4.98 Å².